The molecule has 0 bridgehead atoms. The van der Waals surface area contributed by atoms with Crippen LogP contribution in [-0.4, -0.2) is 40.5 Å². The molecule has 1 rings (SSSR count). The number of thiophene rings is 1. The predicted octanol–water partition coefficient (Wildman–Crippen LogP) is 2.78. The van der Waals surface area contributed by atoms with Gasteiger partial charge in [0.1, 0.15) is 4.21 Å². The van der Waals surface area contributed by atoms with Gasteiger partial charge in [0, 0.05) is 6.54 Å². The first-order valence-electron chi connectivity index (χ1n) is 5.42. The lowest BCUT2D eigenvalue weighted by atomic mass is 10.3. The Bertz CT molecular complexity index is 469. The number of sulfonamides is 1. The molecule has 104 valence electrons. The van der Waals surface area contributed by atoms with E-state index in [2.05, 4.69) is 25.6 Å². The van der Waals surface area contributed by atoms with Gasteiger partial charge < -0.3 is 4.90 Å². The first-order valence-corrected chi connectivity index (χ1v) is 8.89. The summed E-state index contributed by atoms with van der Waals surface area (Å²) in [6.45, 7) is 1.40. The van der Waals surface area contributed by atoms with E-state index in [1.807, 2.05) is 14.1 Å². The van der Waals surface area contributed by atoms with E-state index in [0.29, 0.717) is 15.4 Å². The molecule has 4 nitrogen and oxygen atoms in total. The maximum atomic E-state index is 11.9. The second kappa shape index (κ2) is 7.21. The molecule has 0 aromatic carbocycles. The van der Waals surface area contributed by atoms with Crippen molar-refractivity contribution < 1.29 is 8.42 Å². The van der Waals surface area contributed by atoms with Crippen molar-refractivity contribution in [3.05, 3.63) is 14.9 Å². The lowest BCUT2D eigenvalue weighted by Crippen LogP contribution is -2.24. The molecule has 0 saturated carbocycles. The Morgan fingerprint density at radius 3 is 2.61 bits per heavy atom. The zero-order valence-corrected chi connectivity index (χ0v) is 14.2. The fourth-order valence-corrected chi connectivity index (χ4v) is 4.81. The molecule has 1 heterocycles. The van der Waals surface area contributed by atoms with Gasteiger partial charge in [-0.05, 0) is 55.5 Å². The van der Waals surface area contributed by atoms with Crippen molar-refractivity contribution in [2.24, 2.45) is 0 Å². The summed E-state index contributed by atoms with van der Waals surface area (Å²) >= 11 is 10.1. The first kappa shape index (κ1) is 16.4. The van der Waals surface area contributed by atoms with Crippen LogP contribution in [0.4, 0.5) is 0 Å². The van der Waals surface area contributed by atoms with Crippen molar-refractivity contribution >= 4 is 48.9 Å². The van der Waals surface area contributed by atoms with Crippen LogP contribution in [0.5, 0.6) is 0 Å². The Balaban J connectivity index is 2.45. The van der Waals surface area contributed by atoms with E-state index in [1.165, 1.54) is 6.07 Å². The average molecular weight is 376 g/mol. The standard InChI is InChI=1S/C10H16BrClN2O2S2/c1-14(2)6-4-3-5-13-18(15,16)9-7-8(12)10(11)17-9/h7,13H,3-6H2,1-2H3. The number of hydrogen-bond donors (Lipinski definition) is 1. The van der Waals surface area contributed by atoms with Gasteiger partial charge in [0.15, 0.2) is 0 Å². The summed E-state index contributed by atoms with van der Waals surface area (Å²) in [5.41, 5.74) is 0. The lowest BCUT2D eigenvalue weighted by molar-refractivity contribution is 0.394. The van der Waals surface area contributed by atoms with Gasteiger partial charge in [-0.3, -0.25) is 0 Å². The minimum atomic E-state index is -3.42. The monoisotopic (exact) mass is 374 g/mol. The molecule has 0 fully saturated rings. The van der Waals surface area contributed by atoms with Crippen LogP contribution < -0.4 is 4.72 Å². The lowest BCUT2D eigenvalue weighted by Gasteiger charge is -2.09. The summed E-state index contributed by atoms with van der Waals surface area (Å²) < 4.78 is 27.3. The molecule has 0 radical (unpaired) electrons. The minimum Gasteiger partial charge on any atom is -0.309 e. The van der Waals surface area contributed by atoms with Gasteiger partial charge in [-0.1, -0.05) is 11.6 Å². The second-order valence-corrected chi connectivity index (χ2v) is 8.87. The van der Waals surface area contributed by atoms with Crippen molar-refractivity contribution in [3.63, 3.8) is 0 Å². The van der Waals surface area contributed by atoms with Crippen LogP contribution in [0.15, 0.2) is 14.1 Å². The van der Waals surface area contributed by atoms with Crippen molar-refractivity contribution in [2.45, 2.75) is 17.1 Å². The van der Waals surface area contributed by atoms with E-state index < -0.39 is 10.0 Å². The van der Waals surface area contributed by atoms with Crippen LogP contribution in [-0.2, 0) is 10.0 Å². The quantitative estimate of drug-likeness (QED) is 0.746. The van der Waals surface area contributed by atoms with Crippen LogP contribution in [0.2, 0.25) is 5.02 Å². The second-order valence-electron chi connectivity index (χ2n) is 4.10. The van der Waals surface area contributed by atoms with E-state index in [9.17, 15) is 8.42 Å². The summed E-state index contributed by atoms with van der Waals surface area (Å²) in [6, 6.07) is 1.46. The molecular formula is C10H16BrClN2O2S2. The van der Waals surface area contributed by atoms with Crippen LogP contribution in [0.1, 0.15) is 12.8 Å². The van der Waals surface area contributed by atoms with Crippen molar-refractivity contribution in [1.29, 1.82) is 0 Å². The zero-order chi connectivity index (χ0) is 13.8. The Morgan fingerprint density at radius 1 is 1.44 bits per heavy atom. The SMILES string of the molecule is CN(C)CCCCNS(=O)(=O)c1cc(Cl)c(Br)s1. The third-order valence-corrected chi connectivity index (χ3v) is 6.62. The average Bonchev–Trinajstić information content (AvgIpc) is 2.59. The van der Waals surface area contributed by atoms with Crippen molar-refractivity contribution in [3.8, 4) is 0 Å². The van der Waals surface area contributed by atoms with E-state index in [0.717, 1.165) is 30.7 Å². The molecule has 0 amide bonds. The first-order chi connectivity index (χ1) is 8.33. The summed E-state index contributed by atoms with van der Waals surface area (Å²) in [4.78, 5) is 2.07. The number of rotatable bonds is 7. The molecule has 1 aromatic heterocycles. The van der Waals surface area contributed by atoms with Gasteiger partial charge in [-0.2, -0.15) is 0 Å². The molecular weight excluding hydrogens is 360 g/mol. The Kier molecular flexibility index (Phi) is 6.57. The maximum Gasteiger partial charge on any atom is 0.250 e. The van der Waals surface area contributed by atoms with Crippen LogP contribution in [0.25, 0.3) is 0 Å². The Hall–Kier alpha value is 0.340. The smallest absolute Gasteiger partial charge is 0.250 e. The topological polar surface area (TPSA) is 49.4 Å². The number of nitrogens with zero attached hydrogens (tertiary/aromatic N) is 1. The van der Waals surface area contributed by atoms with Gasteiger partial charge in [-0.15, -0.1) is 11.3 Å². The molecule has 0 atom stereocenters. The van der Waals surface area contributed by atoms with E-state index in [-0.39, 0.29) is 4.21 Å². The summed E-state index contributed by atoms with van der Waals surface area (Å²) in [7, 11) is 0.569. The Morgan fingerprint density at radius 2 is 2.11 bits per heavy atom. The molecule has 0 spiro atoms. The largest absolute Gasteiger partial charge is 0.309 e. The van der Waals surface area contributed by atoms with E-state index >= 15 is 0 Å². The normalized spacial score (nSPS) is 12.3. The number of halogens is 2. The molecule has 8 heteroatoms. The van der Waals surface area contributed by atoms with Crippen LogP contribution in [0.3, 0.4) is 0 Å². The summed E-state index contributed by atoms with van der Waals surface area (Å²) in [5, 5.41) is 0.424. The molecule has 18 heavy (non-hydrogen) atoms. The molecule has 0 aliphatic rings. The fraction of sp³-hybridized carbons (Fsp3) is 0.600. The predicted molar refractivity (Wildman–Crippen MR) is 80.0 cm³/mol. The highest BCUT2D eigenvalue weighted by molar-refractivity contribution is 9.11. The highest BCUT2D eigenvalue weighted by atomic mass is 79.9. The maximum absolute atomic E-state index is 11.9. The van der Waals surface area contributed by atoms with Crippen LogP contribution in [0, 0.1) is 0 Å². The number of nitrogens with one attached hydrogen (secondary N) is 1. The third-order valence-electron chi connectivity index (χ3n) is 2.21. The third kappa shape index (κ3) is 5.14. The van der Waals surface area contributed by atoms with Crippen LogP contribution >= 0.6 is 38.9 Å². The molecule has 1 N–H and O–H groups in total. The fourth-order valence-electron chi connectivity index (χ4n) is 1.29. The van der Waals surface area contributed by atoms with Gasteiger partial charge in [0.05, 0.1) is 8.81 Å². The van der Waals surface area contributed by atoms with E-state index in [4.69, 9.17) is 11.6 Å². The zero-order valence-electron chi connectivity index (χ0n) is 10.2. The minimum absolute atomic E-state index is 0.243. The molecule has 0 unspecified atom stereocenters. The number of unbranched alkanes of at least 4 members (excludes halogenated alkanes) is 1. The molecule has 0 aliphatic carbocycles. The Labute approximate surface area is 126 Å². The van der Waals surface area contributed by atoms with Gasteiger partial charge >= 0.3 is 0 Å². The molecule has 1 aromatic rings. The van der Waals surface area contributed by atoms with Crippen molar-refractivity contribution in [1.82, 2.24) is 9.62 Å². The summed E-state index contributed by atoms with van der Waals surface area (Å²) in [6.07, 6.45) is 1.78. The highest BCUT2D eigenvalue weighted by Crippen LogP contribution is 2.34. The van der Waals surface area contributed by atoms with Gasteiger partial charge in [0.25, 0.3) is 0 Å². The van der Waals surface area contributed by atoms with Gasteiger partial charge in [-0.25, -0.2) is 13.1 Å². The molecule has 0 saturated heterocycles. The number of hydrogen-bond acceptors (Lipinski definition) is 4. The molecule has 0 aliphatic heterocycles. The van der Waals surface area contributed by atoms with Gasteiger partial charge in [0.2, 0.25) is 10.0 Å². The highest BCUT2D eigenvalue weighted by Gasteiger charge is 2.18. The van der Waals surface area contributed by atoms with Crippen molar-refractivity contribution in [2.75, 3.05) is 27.2 Å². The summed E-state index contributed by atoms with van der Waals surface area (Å²) in [5.74, 6) is 0. The van der Waals surface area contributed by atoms with E-state index in [1.54, 1.807) is 0 Å².